The molecule has 16 heteroatoms. The van der Waals surface area contributed by atoms with Crippen molar-refractivity contribution in [2.24, 2.45) is 18.9 Å². The summed E-state index contributed by atoms with van der Waals surface area (Å²) in [6.45, 7) is -2.47. The first-order valence-corrected chi connectivity index (χ1v) is 14.1. The second-order valence-corrected chi connectivity index (χ2v) is 11.9. The molecule has 1 atom stereocenters. The first-order valence-electron chi connectivity index (χ1n) is 13.3. The number of amides is 2. The van der Waals surface area contributed by atoms with Gasteiger partial charge in [0.1, 0.15) is 17.1 Å². The molecule has 220 valence electrons. The fraction of sp³-hybridized carbons (Fsp3) is 0.560. The topological polar surface area (TPSA) is 128 Å². The summed E-state index contributed by atoms with van der Waals surface area (Å²) in [4.78, 5) is 27.1. The van der Waals surface area contributed by atoms with Gasteiger partial charge in [0.2, 0.25) is 23.7 Å². The van der Waals surface area contributed by atoms with Gasteiger partial charge in [-0.3, -0.25) is 14.2 Å². The largest absolute Gasteiger partial charge is 0.415 e. The highest BCUT2D eigenvalue weighted by Crippen LogP contribution is 2.45. The van der Waals surface area contributed by atoms with E-state index in [2.05, 4.69) is 36.0 Å². The molecule has 41 heavy (non-hydrogen) atoms. The number of carbonyl (C=O) groups is 2. The second kappa shape index (κ2) is 10.6. The predicted molar refractivity (Wildman–Crippen MR) is 140 cm³/mol. The summed E-state index contributed by atoms with van der Waals surface area (Å²) < 4.78 is 59.5. The minimum atomic E-state index is -3.01. The van der Waals surface area contributed by atoms with Gasteiger partial charge >= 0.3 is 6.61 Å². The average molecular weight is 597 g/mol. The van der Waals surface area contributed by atoms with Crippen molar-refractivity contribution in [3.05, 3.63) is 28.4 Å². The summed E-state index contributed by atoms with van der Waals surface area (Å²) in [7, 11) is 1.56. The van der Waals surface area contributed by atoms with Crippen LogP contribution in [0.25, 0.3) is 0 Å². The van der Waals surface area contributed by atoms with Gasteiger partial charge in [-0.1, -0.05) is 0 Å². The lowest BCUT2D eigenvalue weighted by molar-refractivity contribution is -0.145. The summed E-state index contributed by atoms with van der Waals surface area (Å²) in [5.74, 6) is -3.52. The van der Waals surface area contributed by atoms with Crippen molar-refractivity contribution >= 4 is 39.9 Å². The third kappa shape index (κ3) is 5.87. The van der Waals surface area contributed by atoms with E-state index < -0.39 is 37.2 Å². The first kappa shape index (κ1) is 27.5. The molecular weight excluding hydrogens is 568 g/mol. The van der Waals surface area contributed by atoms with E-state index in [0.717, 1.165) is 23.3 Å². The van der Waals surface area contributed by atoms with E-state index in [-0.39, 0.29) is 17.8 Å². The Labute approximate surface area is 235 Å². The molecule has 0 radical (unpaired) electrons. The van der Waals surface area contributed by atoms with Crippen LogP contribution in [0, 0.1) is 11.8 Å². The molecular formula is C25H28F4N8O3S. The summed E-state index contributed by atoms with van der Waals surface area (Å²) >= 11 is 1.31. The lowest BCUT2D eigenvalue weighted by Gasteiger charge is -2.33. The Balaban J connectivity index is 1.23. The van der Waals surface area contributed by atoms with Crippen LogP contribution >= 0.6 is 11.3 Å². The summed E-state index contributed by atoms with van der Waals surface area (Å²) in [6.07, 6.45) is 4.39. The maximum absolute atomic E-state index is 13.4. The molecule has 0 bridgehead atoms. The molecule has 0 saturated heterocycles. The number of anilines is 3. The van der Waals surface area contributed by atoms with Crippen molar-refractivity contribution < 1.29 is 31.9 Å². The second-order valence-electron chi connectivity index (χ2n) is 10.8. The fourth-order valence-electron chi connectivity index (χ4n) is 5.26. The number of thiophene rings is 1. The van der Waals surface area contributed by atoms with Gasteiger partial charge in [0.15, 0.2) is 0 Å². The average Bonchev–Trinajstić information content (AvgIpc) is 3.34. The van der Waals surface area contributed by atoms with Crippen LogP contribution in [-0.2, 0) is 24.7 Å². The molecule has 3 aromatic rings. The van der Waals surface area contributed by atoms with Crippen molar-refractivity contribution in [1.29, 1.82) is 0 Å². The minimum Gasteiger partial charge on any atom is -0.415 e. The number of hydrogen-bond donors (Lipinski definition) is 3. The maximum atomic E-state index is 13.4. The first-order chi connectivity index (χ1) is 19.6. The Hall–Kier alpha value is -3.69. The number of halogens is 4. The number of nitrogens with one attached hydrogen (secondary N) is 3. The lowest BCUT2D eigenvalue weighted by Crippen LogP contribution is -2.42. The minimum absolute atomic E-state index is 0.163. The SMILES string of the molecule is Cn1nc(OC(F)F)cc1Nc1nncn1C1CCc2sc(NC(=O)C3CC(F)(F)C3)c(C(=O)NCC3CC3)c2C1. The number of alkyl halides is 4. The Bertz CT molecular complexity index is 1460. The molecule has 0 spiro atoms. The van der Waals surface area contributed by atoms with Crippen LogP contribution in [0.1, 0.15) is 58.9 Å². The quantitative estimate of drug-likeness (QED) is 0.298. The highest BCUT2D eigenvalue weighted by Gasteiger charge is 2.49. The van der Waals surface area contributed by atoms with Crippen molar-refractivity contribution in [3.8, 4) is 5.88 Å². The summed E-state index contributed by atoms with van der Waals surface area (Å²) in [6, 6.07) is 1.15. The number of rotatable bonds is 10. The number of aromatic nitrogens is 5. The summed E-state index contributed by atoms with van der Waals surface area (Å²) in [5, 5.41) is 21.2. The normalized spacial score (nSPS) is 19.9. The molecule has 0 aliphatic heterocycles. The van der Waals surface area contributed by atoms with Gasteiger partial charge < -0.3 is 20.7 Å². The Morgan fingerprint density at radius 2 is 2.02 bits per heavy atom. The zero-order valence-corrected chi connectivity index (χ0v) is 22.8. The Morgan fingerprint density at radius 3 is 2.73 bits per heavy atom. The van der Waals surface area contributed by atoms with Gasteiger partial charge in [-0.25, -0.2) is 13.5 Å². The zero-order valence-electron chi connectivity index (χ0n) is 22.0. The fourth-order valence-corrected chi connectivity index (χ4v) is 6.50. The number of aryl methyl sites for hydroxylation is 2. The number of ether oxygens (including phenoxy) is 1. The van der Waals surface area contributed by atoms with Crippen LogP contribution in [-0.4, -0.2) is 55.4 Å². The van der Waals surface area contributed by atoms with E-state index in [4.69, 9.17) is 0 Å². The van der Waals surface area contributed by atoms with Crippen LogP contribution in [0.15, 0.2) is 12.4 Å². The number of fused-ring (bicyclic) bond motifs is 1. The monoisotopic (exact) mass is 596 g/mol. The van der Waals surface area contributed by atoms with Gasteiger partial charge in [-0.2, -0.15) is 8.78 Å². The molecule has 3 aliphatic carbocycles. The molecule has 11 nitrogen and oxygen atoms in total. The van der Waals surface area contributed by atoms with Gasteiger partial charge in [0.25, 0.3) is 5.91 Å². The molecule has 3 heterocycles. The molecule has 6 rings (SSSR count). The van der Waals surface area contributed by atoms with Crippen LogP contribution < -0.4 is 20.7 Å². The molecule has 0 aromatic carbocycles. The van der Waals surface area contributed by atoms with E-state index in [1.54, 1.807) is 13.4 Å². The van der Waals surface area contributed by atoms with E-state index in [1.165, 1.54) is 22.1 Å². The summed E-state index contributed by atoms with van der Waals surface area (Å²) in [5.41, 5.74) is 1.17. The van der Waals surface area contributed by atoms with E-state index >= 15 is 0 Å². The highest BCUT2D eigenvalue weighted by molar-refractivity contribution is 7.17. The number of carbonyl (C=O) groups excluding carboxylic acids is 2. The van der Waals surface area contributed by atoms with Crippen molar-refractivity contribution in [2.45, 2.75) is 63.5 Å². The Kier molecular flexibility index (Phi) is 7.11. The standard InChI is InChI=1S/C25H28F4N8O3S/c1-36-17(7-18(35-36)40-23(26)27)32-24-34-31-11-37(24)14-4-5-16-15(6-14)19(21(39)30-10-12-2-3-12)22(41-16)33-20(38)13-8-25(28,29)9-13/h7,11-14,23H,2-6,8-10H2,1H3,(H,30,39)(H,32,34)(H,33,38). The van der Waals surface area contributed by atoms with Crippen LogP contribution in [0.4, 0.5) is 34.3 Å². The highest BCUT2D eigenvalue weighted by atomic mass is 32.1. The van der Waals surface area contributed by atoms with Crippen LogP contribution in [0.3, 0.4) is 0 Å². The van der Waals surface area contributed by atoms with Gasteiger partial charge in [-0.15, -0.1) is 26.6 Å². The molecule has 3 aromatic heterocycles. The smallest absolute Gasteiger partial charge is 0.388 e. The van der Waals surface area contributed by atoms with Crippen LogP contribution in [0.5, 0.6) is 5.88 Å². The van der Waals surface area contributed by atoms with Gasteiger partial charge in [0.05, 0.1) is 5.56 Å². The van der Waals surface area contributed by atoms with Crippen LogP contribution in [0.2, 0.25) is 0 Å². The maximum Gasteiger partial charge on any atom is 0.388 e. The molecule has 3 aliphatic rings. The van der Waals surface area contributed by atoms with E-state index in [0.29, 0.717) is 54.1 Å². The Morgan fingerprint density at radius 1 is 1.24 bits per heavy atom. The van der Waals surface area contributed by atoms with Crippen molar-refractivity contribution in [2.75, 3.05) is 17.2 Å². The number of nitrogens with zero attached hydrogens (tertiary/aromatic N) is 5. The number of hydrogen-bond acceptors (Lipinski definition) is 8. The van der Waals surface area contributed by atoms with Gasteiger partial charge in [-0.05, 0) is 43.6 Å². The zero-order chi connectivity index (χ0) is 28.9. The van der Waals surface area contributed by atoms with Gasteiger partial charge in [0, 0.05) is 49.3 Å². The third-order valence-electron chi connectivity index (χ3n) is 7.68. The van der Waals surface area contributed by atoms with Crippen molar-refractivity contribution in [3.63, 3.8) is 0 Å². The molecule has 2 fully saturated rings. The van der Waals surface area contributed by atoms with E-state index in [9.17, 15) is 27.2 Å². The molecule has 1 unspecified atom stereocenters. The third-order valence-corrected chi connectivity index (χ3v) is 8.89. The predicted octanol–water partition coefficient (Wildman–Crippen LogP) is 4.27. The molecule has 3 N–H and O–H groups in total. The van der Waals surface area contributed by atoms with E-state index in [1.807, 2.05) is 4.57 Å². The van der Waals surface area contributed by atoms with Crippen molar-refractivity contribution in [1.82, 2.24) is 29.9 Å². The molecule has 2 amide bonds. The lowest BCUT2D eigenvalue weighted by atomic mass is 9.81. The molecule has 2 saturated carbocycles.